The average Bonchev–Trinajstić information content (AvgIpc) is 1.59. The molecular formula is C5H15O3P. The summed E-state index contributed by atoms with van der Waals surface area (Å²) in [5, 5.41) is 0. The van der Waals surface area contributed by atoms with E-state index in [0.717, 1.165) is 0 Å². The van der Waals surface area contributed by atoms with Crippen LogP contribution in [0.1, 0.15) is 13.8 Å². The predicted molar refractivity (Wildman–Crippen MR) is 39.5 cm³/mol. The van der Waals surface area contributed by atoms with E-state index < -0.39 is 7.94 Å². The Bertz CT molecular complexity index is 76.8. The Hall–Kier alpha value is 0.310. The van der Waals surface area contributed by atoms with Crippen LogP contribution >= 0.6 is 7.94 Å². The number of rotatable bonds is 3. The van der Waals surface area contributed by atoms with Gasteiger partial charge in [-0.2, -0.15) is 0 Å². The molecule has 2 N–H and O–H groups in total. The summed E-state index contributed by atoms with van der Waals surface area (Å²) < 4.78 is 4.74. The van der Waals surface area contributed by atoms with E-state index in [4.69, 9.17) is 14.3 Å². The van der Waals surface area contributed by atoms with Crippen molar-refractivity contribution in [2.24, 2.45) is 5.92 Å². The summed E-state index contributed by atoms with van der Waals surface area (Å²) in [7, 11) is -3.22. The molecule has 0 saturated heterocycles. The Kier molecular flexibility index (Phi) is 3.59. The molecule has 0 rings (SSSR count). The van der Waals surface area contributed by atoms with Crippen LogP contribution in [0.4, 0.5) is 0 Å². The van der Waals surface area contributed by atoms with Crippen molar-refractivity contribution >= 4 is 7.94 Å². The van der Waals surface area contributed by atoms with Gasteiger partial charge < -0.3 is 0 Å². The second kappa shape index (κ2) is 3.47. The van der Waals surface area contributed by atoms with Crippen LogP contribution in [0.15, 0.2) is 0 Å². The summed E-state index contributed by atoms with van der Waals surface area (Å²) in [6.07, 6.45) is 0. The van der Waals surface area contributed by atoms with Crippen LogP contribution in [0.5, 0.6) is 0 Å². The second-order valence-electron chi connectivity index (χ2n) is 2.64. The molecule has 0 amide bonds. The third-order valence-corrected chi connectivity index (χ3v) is 1.40. The van der Waals surface area contributed by atoms with Gasteiger partial charge in [0.25, 0.3) is 0 Å². The predicted octanol–water partition coefficient (Wildman–Crippen LogP) is 0.768. The Morgan fingerprint density at radius 1 is 1.44 bits per heavy atom. The molecule has 0 fully saturated rings. The van der Waals surface area contributed by atoms with Gasteiger partial charge in [-0.05, 0) is 0 Å². The van der Waals surface area contributed by atoms with Gasteiger partial charge in [0.2, 0.25) is 0 Å². The molecule has 0 aliphatic carbocycles. The summed E-state index contributed by atoms with van der Waals surface area (Å²) >= 11 is 0. The first-order valence-electron chi connectivity index (χ1n) is 3.00. The summed E-state index contributed by atoms with van der Waals surface area (Å²) in [5.41, 5.74) is 0. The van der Waals surface area contributed by atoms with Crippen molar-refractivity contribution in [2.45, 2.75) is 13.8 Å². The fourth-order valence-corrected chi connectivity index (χ4v) is 0.974. The molecule has 0 unspecified atom stereocenters. The zero-order chi connectivity index (χ0) is 7.49. The van der Waals surface area contributed by atoms with E-state index in [0.29, 0.717) is 12.5 Å². The SMILES string of the molecule is CC(C)CO[PH](C)(O)O. The monoisotopic (exact) mass is 154 g/mol. The quantitative estimate of drug-likeness (QED) is 0.590. The summed E-state index contributed by atoms with van der Waals surface area (Å²) in [6, 6.07) is 0. The van der Waals surface area contributed by atoms with Crippen LogP contribution in [0.3, 0.4) is 0 Å². The standard InChI is InChI=1S/C5H15O3P/c1-5(2)4-8-9(3,6)7/h5-7,9H,4H2,1-3H3. The molecule has 0 aliphatic heterocycles. The normalized spacial score (nSPS) is 14.4. The van der Waals surface area contributed by atoms with E-state index >= 15 is 0 Å². The van der Waals surface area contributed by atoms with Gasteiger partial charge in [0.15, 0.2) is 0 Å². The molecule has 3 nitrogen and oxygen atoms in total. The van der Waals surface area contributed by atoms with Crippen LogP contribution in [-0.2, 0) is 4.52 Å². The van der Waals surface area contributed by atoms with Crippen molar-refractivity contribution in [2.75, 3.05) is 13.3 Å². The van der Waals surface area contributed by atoms with Crippen molar-refractivity contribution in [3.05, 3.63) is 0 Å². The van der Waals surface area contributed by atoms with E-state index in [1.165, 1.54) is 6.66 Å². The van der Waals surface area contributed by atoms with E-state index in [9.17, 15) is 0 Å². The molecule has 4 heteroatoms. The van der Waals surface area contributed by atoms with E-state index in [-0.39, 0.29) is 0 Å². The van der Waals surface area contributed by atoms with Gasteiger partial charge in [-0.25, -0.2) is 0 Å². The summed E-state index contributed by atoms with van der Waals surface area (Å²) in [6.45, 7) is 5.67. The van der Waals surface area contributed by atoms with Crippen LogP contribution in [-0.4, -0.2) is 23.1 Å². The second-order valence-corrected chi connectivity index (χ2v) is 4.80. The van der Waals surface area contributed by atoms with Crippen molar-refractivity contribution in [3.63, 3.8) is 0 Å². The molecule has 0 atom stereocenters. The molecule has 0 aromatic carbocycles. The fraction of sp³-hybridized carbons (Fsp3) is 1.00. The average molecular weight is 154 g/mol. The Balaban J connectivity index is 3.28. The van der Waals surface area contributed by atoms with Gasteiger partial charge in [-0.15, -0.1) is 0 Å². The first kappa shape index (κ1) is 9.31. The van der Waals surface area contributed by atoms with Crippen molar-refractivity contribution in [3.8, 4) is 0 Å². The van der Waals surface area contributed by atoms with Gasteiger partial charge in [-0.3, -0.25) is 0 Å². The third kappa shape index (κ3) is 8.31. The molecular weight excluding hydrogens is 139 g/mol. The van der Waals surface area contributed by atoms with E-state index in [1.807, 2.05) is 13.8 Å². The molecule has 0 aromatic heterocycles. The zero-order valence-electron chi connectivity index (χ0n) is 6.09. The Morgan fingerprint density at radius 3 is 2.00 bits per heavy atom. The minimum absolute atomic E-state index is 0.358. The van der Waals surface area contributed by atoms with Crippen molar-refractivity contribution in [1.29, 1.82) is 0 Å². The summed E-state index contributed by atoms with van der Waals surface area (Å²) in [4.78, 5) is 17.5. The van der Waals surface area contributed by atoms with Gasteiger partial charge in [0.05, 0.1) is 0 Å². The van der Waals surface area contributed by atoms with Crippen LogP contribution in [0.25, 0.3) is 0 Å². The summed E-state index contributed by atoms with van der Waals surface area (Å²) in [5.74, 6) is 0.358. The maximum absolute atomic E-state index is 8.74. The van der Waals surface area contributed by atoms with Crippen molar-refractivity contribution < 1.29 is 14.3 Å². The van der Waals surface area contributed by atoms with Crippen LogP contribution in [0, 0.1) is 5.92 Å². The van der Waals surface area contributed by atoms with Gasteiger partial charge >= 0.3 is 55.3 Å². The molecule has 0 radical (unpaired) electrons. The van der Waals surface area contributed by atoms with Gasteiger partial charge in [0.1, 0.15) is 0 Å². The zero-order valence-corrected chi connectivity index (χ0v) is 7.09. The molecule has 0 heterocycles. The first-order chi connectivity index (χ1) is 3.92. The van der Waals surface area contributed by atoms with Gasteiger partial charge in [-0.1, -0.05) is 0 Å². The number of hydrogen-bond donors (Lipinski definition) is 2. The van der Waals surface area contributed by atoms with Crippen molar-refractivity contribution in [1.82, 2.24) is 0 Å². The molecule has 0 spiro atoms. The van der Waals surface area contributed by atoms with E-state index in [2.05, 4.69) is 0 Å². The molecule has 58 valence electrons. The Labute approximate surface area is 56.2 Å². The number of hydrogen-bond acceptors (Lipinski definition) is 3. The molecule has 0 saturated carbocycles. The van der Waals surface area contributed by atoms with Gasteiger partial charge in [0, 0.05) is 0 Å². The minimum atomic E-state index is -3.22. The first-order valence-corrected chi connectivity index (χ1v) is 5.31. The molecule has 0 bridgehead atoms. The Morgan fingerprint density at radius 2 is 1.89 bits per heavy atom. The molecule has 0 aliphatic rings. The third-order valence-electron chi connectivity index (χ3n) is 0.690. The molecule has 9 heavy (non-hydrogen) atoms. The molecule has 0 aromatic rings. The maximum atomic E-state index is 8.74. The topological polar surface area (TPSA) is 49.7 Å². The van der Waals surface area contributed by atoms with Crippen LogP contribution < -0.4 is 0 Å². The fourth-order valence-electron chi connectivity index (χ4n) is 0.325. The van der Waals surface area contributed by atoms with E-state index in [1.54, 1.807) is 0 Å². The van der Waals surface area contributed by atoms with Crippen LogP contribution in [0.2, 0.25) is 0 Å².